The molecule has 1 aliphatic carbocycles. The van der Waals surface area contributed by atoms with Crippen molar-refractivity contribution in [2.24, 2.45) is 5.41 Å². The van der Waals surface area contributed by atoms with Gasteiger partial charge < -0.3 is 15.7 Å². The maximum absolute atomic E-state index is 11.7. The predicted octanol–water partition coefficient (Wildman–Crippen LogP) is 1.93. The Morgan fingerprint density at radius 1 is 1.55 bits per heavy atom. The number of nitrogens with one attached hydrogen (secondary N) is 2. The Bertz CT molecular complexity index is 424. The third-order valence-corrected chi connectivity index (χ3v) is 4.72. The molecule has 0 spiro atoms. The lowest BCUT2D eigenvalue weighted by Crippen LogP contribution is -2.47. The highest BCUT2D eigenvalue weighted by molar-refractivity contribution is 7.07. The number of urea groups is 1. The molecule has 0 saturated heterocycles. The normalized spacial score (nSPS) is 26.2. The molecule has 20 heavy (non-hydrogen) atoms. The monoisotopic (exact) mass is 297 g/mol. The highest BCUT2D eigenvalue weighted by atomic mass is 32.1. The van der Waals surface area contributed by atoms with E-state index in [1.807, 2.05) is 12.3 Å². The molecule has 2 unspecified atom stereocenters. The predicted molar refractivity (Wildman–Crippen MR) is 79.8 cm³/mol. The molecule has 2 atom stereocenters. The Morgan fingerprint density at radius 2 is 2.40 bits per heavy atom. The molecule has 5 nitrogen and oxygen atoms in total. The molecule has 3 N–H and O–H groups in total. The average molecular weight is 297 g/mol. The van der Waals surface area contributed by atoms with E-state index in [-0.39, 0.29) is 17.6 Å². The zero-order valence-corrected chi connectivity index (χ0v) is 12.7. The number of aromatic nitrogens is 1. The number of carbonyl (C=O) groups is 1. The lowest BCUT2D eigenvalue weighted by molar-refractivity contribution is 0.00310. The molecule has 6 heteroatoms. The van der Waals surface area contributed by atoms with Crippen molar-refractivity contribution in [2.75, 3.05) is 13.1 Å². The quantitative estimate of drug-likeness (QED) is 0.777. The molecule has 0 bridgehead atoms. The molecule has 0 aliphatic heterocycles. The van der Waals surface area contributed by atoms with Crippen LogP contribution >= 0.6 is 11.3 Å². The lowest BCUT2D eigenvalue weighted by atomic mass is 9.73. The zero-order valence-electron chi connectivity index (χ0n) is 11.9. The topological polar surface area (TPSA) is 74.2 Å². The minimum Gasteiger partial charge on any atom is -0.392 e. The van der Waals surface area contributed by atoms with Crippen LogP contribution in [0.3, 0.4) is 0 Å². The first-order valence-corrected chi connectivity index (χ1v) is 8.11. The summed E-state index contributed by atoms with van der Waals surface area (Å²) in [5.41, 5.74) is 2.61. The van der Waals surface area contributed by atoms with Gasteiger partial charge in [-0.15, -0.1) is 11.3 Å². The van der Waals surface area contributed by atoms with Gasteiger partial charge in [0.25, 0.3) is 0 Å². The molecule has 0 radical (unpaired) electrons. The van der Waals surface area contributed by atoms with Gasteiger partial charge in [0, 0.05) is 30.3 Å². The van der Waals surface area contributed by atoms with E-state index in [1.54, 1.807) is 16.8 Å². The second kappa shape index (κ2) is 7.04. The molecule has 112 valence electrons. The smallest absolute Gasteiger partial charge is 0.314 e. The average Bonchev–Trinajstić information content (AvgIpc) is 2.93. The van der Waals surface area contributed by atoms with Gasteiger partial charge >= 0.3 is 6.03 Å². The van der Waals surface area contributed by atoms with Crippen LogP contribution < -0.4 is 10.6 Å². The van der Waals surface area contributed by atoms with E-state index in [4.69, 9.17) is 0 Å². The van der Waals surface area contributed by atoms with Gasteiger partial charge in [0.2, 0.25) is 0 Å². The molecule has 1 saturated carbocycles. The van der Waals surface area contributed by atoms with Gasteiger partial charge in [-0.2, -0.15) is 0 Å². The number of amides is 2. The van der Waals surface area contributed by atoms with Gasteiger partial charge in [0.05, 0.1) is 17.3 Å². The molecule has 2 amide bonds. The van der Waals surface area contributed by atoms with E-state index >= 15 is 0 Å². The van der Waals surface area contributed by atoms with Crippen LogP contribution in [-0.4, -0.2) is 35.3 Å². The van der Waals surface area contributed by atoms with Gasteiger partial charge in [0.15, 0.2) is 0 Å². The van der Waals surface area contributed by atoms with Crippen LogP contribution in [0.1, 0.15) is 38.3 Å². The number of nitrogens with zero attached hydrogens (tertiary/aromatic N) is 1. The van der Waals surface area contributed by atoms with Gasteiger partial charge in [-0.25, -0.2) is 9.78 Å². The Balaban J connectivity index is 1.66. The van der Waals surface area contributed by atoms with Crippen molar-refractivity contribution < 1.29 is 9.90 Å². The summed E-state index contributed by atoms with van der Waals surface area (Å²) in [5, 5.41) is 17.7. The summed E-state index contributed by atoms with van der Waals surface area (Å²) in [6, 6.07) is -0.167. The first kappa shape index (κ1) is 15.3. The molecule has 0 aromatic carbocycles. The van der Waals surface area contributed by atoms with Crippen molar-refractivity contribution in [3.8, 4) is 0 Å². The number of aliphatic hydroxyl groups is 1. The molecular weight excluding hydrogens is 274 g/mol. The minimum absolute atomic E-state index is 0.167. The summed E-state index contributed by atoms with van der Waals surface area (Å²) in [4.78, 5) is 15.9. The summed E-state index contributed by atoms with van der Waals surface area (Å²) >= 11 is 1.56. The van der Waals surface area contributed by atoms with Crippen molar-refractivity contribution in [1.82, 2.24) is 15.6 Å². The first-order valence-electron chi connectivity index (χ1n) is 7.17. The van der Waals surface area contributed by atoms with Gasteiger partial charge in [-0.1, -0.05) is 19.8 Å². The standard InChI is InChI=1S/C14H23N3O2S/c1-14(6-3-2-4-12(14)18)9-16-13(19)15-7-5-11-8-20-10-17-11/h8,10,12,18H,2-7,9H2,1H3,(H2,15,16,19). The maximum Gasteiger partial charge on any atom is 0.314 e. The summed E-state index contributed by atoms with van der Waals surface area (Å²) in [6.45, 7) is 3.15. The summed E-state index contributed by atoms with van der Waals surface area (Å²) in [5.74, 6) is 0. The maximum atomic E-state index is 11.7. The Hall–Kier alpha value is -1.14. The third-order valence-electron chi connectivity index (χ3n) is 4.08. The van der Waals surface area contributed by atoms with Crippen molar-refractivity contribution in [2.45, 2.75) is 45.1 Å². The fourth-order valence-electron chi connectivity index (χ4n) is 2.60. The van der Waals surface area contributed by atoms with Crippen molar-refractivity contribution in [3.05, 3.63) is 16.6 Å². The molecule has 2 rings (SSSR count). The molecule has 1 heterocycles. The van der Waals surface area contributed by atoms with Crippen molar-refractivity contribution in [1.29, 1.82) is 0 Å². The lowest BCUT2D eigenvalue weighted by Gasteiger charge is -2.38. The molecule has 1 fully saturated rings. The van der Waals surface area contributed by atoms with E-state index in [0.717, 1.165) is 37.8 Å². The molecule has 1 aromatic rings. The van der Waals surface area contributed by atoms with Gasteiger partial charge in [0.1, 0.15) is 0 Å². The highest BCUT2D eigenvalue weighted by Gasteiger charge is 2.35. The number of hydrogen-bond acceptors (Lipinski definition) is 4. The van der Waals surface area contributed by atoms with Gasteiger partial charge in [-0.05, 0) is 12.8 Å². The molecule has 1 aromatic heterocycles. The molecule has 1 aliphatic rings. The van der Waals surface area contributed by atoms with E-state index in [9.17, 15) is 9.90 Å². The Labute approximate surface area is 123 Å². The van der Waals surface area contributed by atoms with Gasteiger partial charge in [-0.3, -0.25) is 0 Å². The number of thiazole rings is 1. The van der Waals surface area contributed by atoms with E-state index in [0.29, 0.717) is 13.1 Å². The highest BCUT2D eigenvalue weighted by Crippen LogP contribution is 2.35. The second-order valence-electron chi connectivity index (χ2n) is 5.75. The van der Waals surface area contributed by atoms with Crippen molar-refractivity contribution >= 4 is 17.4 Å². The van der Waals surface area contributed by atoms with Crippen LogP contribution in [0.15, 0.2) is 10.9 Å². The SMILES string of the molecule is CC1(CNC(=O)NCCc2cscn2)CCCCC1O. The van der Waals surface area contributed by atoms with Crippen LogP contribution in [0.4, 0.5) is 4.79 Å². The van der Waals surface area contributed by atoms with Crippen LogP contribution in [0.25, 0.3) is 0 Å². The zero-order chi connectivity index (χ0) is 14.4. The van der Waals surface area contributed by atoms with E-state index in [2.05, 4.69) is 15.6 Å². The fourth-order valence-corrected chi connectivity index (χ4v) is 3.19. The summed E-state index contributed by atoms with van der Waals surface area (Å²) in [7, 11) is 0. The number of rotatable bonds is 5. The van der Waals surface area contributed by atoms with Crippen LogP contribution in [-0.2, 0) is 6.42 Å². The summed E-state index contributed by atoms with van der Waals surface area (Å²) < 4.78 is 0. The van der Waals surface area contributed by atoms with Crippen molar-refractivity contribution in [3.63, 3.8) is 0 Å². The second-order valence-corrected chi connectivity index (χ2v) is 6.47. The number of aliphatic hydroxyl groups excluding tert-OH is 1. The van der Waals surface area contributed by atoms with Crippen LogP contribution in [0, 0.1) is 5.41 Å². The minimum atomic E-state index is -0.313. The van der Waals surface area contributed by atoms with E-state index in [1.165, 1.54) is 0 Å². The number of hydrogen-bond donors (Lipinski definition) is 3. The molecular formula is C14H23N3O2S. The third kappa shape index (κ3) is 4.18. The largest absolute Gasteiger partial charge is 0.392 e. The number of carbonyl (C=O) groups excluding carboxylic acids is 1. The summed E-state index contributed by atoms with van der Waals surface area (Å²) in [6.07, 6.45) is 4.44. The van der Waals surface area contributed by atoms with E-state index < -0.39 is 0 Å². The van der Waals surface area contributed by atoms with Crippen LogP contribution in [0.2, 0.25) is 0 Å². The van der Waals surface area contributed by atoms with Crippen LogP contribution in [0.5, 0.6) is 0 Å². The Morgan fingerprint density at radius 3 is 3.10 bits per heavy atom. The first-order chi connectivity index (χ1) is 9.60. The fraction of sp³-hybridized carbons (Fsp3) is 0.714. The Kier molecular flexibility index (Phi) is 5.37.